The predicted molar refractivity (Wildman–Crippen MR) is 142 cm³/mol. The van der Waals surface area contributed by atoms with E-state index in [9.17, 15) is 9.18 Å². The lowest BCUT2D eigenvalue weighted by Crippen LogP contribution is -2.52. The van der Waals surface area contributed by atoms with Gasteiger partial charge in [-0.15, -0.1) is 0 Å². The van der Waals surface area contributed by atoms with Crippen LogP contribution in [-0.2, 0) is 9.53 Å². The number of nitrogens with one attached hydrogen (secondary N) is 2. The van der Waals surface area contributed by atoms with E-state index in [1.165, 1.54) is 20.5 Å². The first kappa shape index (κ1) is 26.0. The Kier molecular flexibility index (Phi) is 7.24. The number of methoxy groups -OCH3 is 2. The summed E-state index contributed by atoms with van der Waals surface area (Å²) in [5.74, 6) is -0.606. The summed E-state index contributed by atoms with van der Waals surface area (Å²) < 4.78 is 31.2. The van der Waals surface area contributed by atoms with Crippen molar-refractivity contribution in [2.45, 2.75) is 18.5 Å². The van der Waals surface area contributed by atoms with Crippen LogP contribution in [0.15, 0.2) is 43.1 Å². The number of halogens is 3. The van der Waals surface area contributed by atoms with E-state index in [2.05, 4.69) is 32.3 Å². The number of pyridine rings is 2. The summed E-state index contributed by atoms with van der Waals surface area (Å²) in [4.78, 5) is 20.8. The lowest BCUT2D eigenvalue weighted by Gasteiger charge is -2.32. The van der Waals surface area contributed by atoms with E-state index in [0.29, 0.717) is 62.7 Å². The fourth-order valence-electron chi connectivity index (χ4n) is 4.45. The van der Waals surface area contributed by atoms with Crippen LogP contribution in [-0.4, -0.2) is 65.0 Å². The molecule has 0 spiro atoms. The zero-order valence-corrected chi connectivity index (χ0v) is 21.9. The molecular weight excluding hydrogens is 538 g/mol. The number of hydrogen-bond acceptors (Lipinski definition) is 8. The summed E-state index contributed by atoms with van der Waals surface area (Å²) in [5, 5.41) is 11.7. The Hall–Kier alpha value is -3.67. The van der Waals surface area contributed by atoms with E-state index in [1.54, 1.807) is 16.8 Å². The third-order valence-corrected chi connectivity index (χ3v) is 7.07. The second-order valence-corrected chi connectivity index (χ2v) is 9.32. The molecule has 2 atom stereocenters. The monoisotopic (exact) mass is 560 g/mol. The molecular formula is C25H23Cl2FN6O4. The Labute approximate surface area is 226 Å². The maximum Gasteiger partial charge on any atom is 0.279 e. The minimum Gasteiger partial charge on any atom is -0.495 e. The smallest absolute Gasteiger partial charge is 0.279 e. The van der Waals surface area contributed by atoms with Gasteiger partial charge in [-0.1, -0.05) is 29.8 Å². The molecule has 1 aromatic carbocycles. The number of nitrogens with zero attached hydrogens (tertiary/aromatic N) is 4. The van der Waals surface area contributed by atoms with Gasteiger partial charge in [0.15, 0.2) is 11.5 Å². The number of carbonyl (C=O) groups is 1. The summed E-state index contributed by atoms with van der Waals surface area (Å²) in [7, 11) is 3.01. The lowest BCUT2D eigenvalue weighted by molar-refractivity contribution is -0.120. The molecule has 0 unspecified atom stereocenters. The molecule has 1 aliphatic rings. The van der Waals surface area contributed by atoms with Gasteiger partial charge in [0, 0.05) is 41.4 Å². The largest absolute Gasteiger partial charge is 0.495 e. The van der Waals surface area contributed by atoms with Crippen LogP contribution >= 0.6 is 23.2 Å². The van der Waals surface area contributed by atoms with Crippen molar-refractivity contribution in [1.29, 1.82) is 0 Å². The molecule has 10 nitrogen and oxygen atoms in total. The van der Waals surface area contributed by atoms with Gasteiger partial charge >= 0.3 is 0 Å². The second-order valence-electron chi connectivity index (χ2n) is 8.57. The normalized spacial score (nSPS) is 17.4. The van der Waals surface area contributed by atoms with Gasteiger partial charge < -0.3 is 24.8 Å². The first-order chi connectivity index (χ1) is 18.3. The highest BCUT2D eigenvalue weighted by Crippen LogP contribution is 2.47. The molecule has 1 aliphatic heterocycles. The average molecular weight is 561 g/mol. The summed E-state index contributed by atoms with van der Waals surface area (Å²) in [5.41, 5.74) is 2.32. The number of aromatic nitrogens is 4. The third kappa shape index (κ3) is 4.68. The fourth-order valence-corrected chi connectivity index (χ4v) is 5.15. The number of hydrogen-bond donors (Lipinski definition) is 2. The van der Waals surface area contributed by atoms with Crippen LogP contribution in [0.5, 0.6) is 11.5 Å². The average Bonchev–Trinajstić information content (AvgIpc) is 3.41. The molecule has 0 saturated carbocycles. The molecule has 13 heteroatoms. The van der Waals surface area contributed by atoms with Crippen LogP contribution < -0.4 is 20.1 Å². The maximum absolute atomic E-state index is 13.3. The zero-order chi connectivity index (χ0) is 27.0. The Balaban J connectivity index is 1.56. The van der Waals surface area contributed by atoms with Gasteiger partial charge in [0.25, 0.3) is 5.91 Å². The standard InChI is InChI=1S/C25H23Cl2FN6O4/c1-12(28)25(35)33-16-10-38-5-4-15(16)32-20-7-17-13(9-29-20)6-14(24-30-11-31-34(17)24)21-22(26)18(36-2)8-19(37-3)23(21)27/h6-9,11,15-16H,1,4-5,10H2,2-3H3,(H,29,32)(H,33,35)/t15-,16+/m1/s1. The highest BCUT2D eigenvalue weighted by molar-refractivity contribution is 6.41. The Morgan fingerprint density at radius 1 is 1.16 bits per heavy atom. The van der Waals surface area contributed by atoms with Crippen LogP contribution in [0, 0.1) is 0 Å². The molecule has 5 rings (SSSR count). The minimum atomic E-state index is -1.06. The molecule has 0 bridgehead atoms. The summed E-state index contributed by atoms with van der Waals surface area (Å²) >= 11 is 13.4. The highest BCUT2D eigenvalue weighted by atomic mass is 35.5. The fraction of sp³-hybridized carbons (Fsp3) is 0.280. The molecule has 198 valence electrons. The Morgan fingerprint density at radius 3 is 2.58 bits per heavy atom. The summed E-state index contributed by atoms with van der Waals surface area (Å²) in [6.07, 6.45) is 3.69. The van der Waals surface area contributed by atoms with Crippen molar-refractivity contribution in [3.63, 3.8) is 0 Å². The van der Waals surface area contributed by atoms with Crippen LogP contribution in [0.2, 0.25) is 10.0 Å². The predicted octanol–water partition coefficient (Wildman–Crippen LogP) is 4.44. The van der Waals surface area contributed by atoms with Gasteiger partial charge in [0.2, 0.25) is 0 Å². The SMILES string of the molecule is C=C(F)C(=O)N[C@H]1COCC[C@H]1Nc1cc2c(cn1)cc(-c1c(Cl)c(OC)cc(OC)c1Cl)c1ncnn12. The topological polar surface area (TPSA) is 112 Å². The minimum absolute atomic E-state index is 0.229. The van der Waals surface area contributed by atoms with Gasteiger partial charge in [-0.25, -0.2) is 18.9 Å². The van der Waals surface area contributed by atoms with Gasteiger partial charge in [0.05, 0.1) is 48.5 Å². The number of ether oxygens (including phenoxy) is 3. The number of carbonyl (C=O) groups excluding carboxylic acids is 1. The molecule has 4 heterocycles. The molecule has 1 amide bonds. The highest BCUT2D eigenvalue weighted by Gasteiger charge is 2.29. The molecule has 38 heavy (non-hydrogen) atoms. The molecule has 2 N–H and O–H groups in total. The van der Waals surface area contributed by atoms with Gasteiger partial charge in [-0.05, 0) is 12.5 Å². The number of anilines is 1. The van der Waals surface area contributed by atoms with E-state index in [1.807, 2.05) is 12.1 Å². The van der Waals surface area contributed by atoms with Crippen molar-refractivity contribution >= 4 is 51.5 Å². The van der Waals surface area contributed by atoms with Gasteiger partial charge in [0.1, 0.15) is 23.6 Å². The molecule has 1 fully saturated rings. The molecule has 0 radical (unpaired) electrons. The van der Waals surface area contributed by atoms with Crippen molar-refractivity contribution in [3.05, 3.63) is 53.2 Å². The van der Waals surface area contributed by atoms with Crippen molar-refractivity contribution in [2.24, 2.45) is 0 Å². The van der Waals surface area contributed by atoms with Crippen LogP contribution in [0.25, 0.3) is 27.7 Å². The number of benzene rings is 1. The van der Waals surface area contributed by atoms with E-state index in [0.717, 1.165) is 5.39 Å². The van der Waals surface area contributed by atoms with Gasteiger partial charge in [-0.3, -0.25) is 4.79 Å². The third-order valence-electron chi connectivity index (χ3n) is 6.32. The summed E-state index contributed by atoms with van der Waals surface area (Å²) in [6, 6.07) is 4.59. The molecule has 3 aromatic heterocycles. The van der Waals surface area contributed by atoms with Gasteiger partial charge in [-0.2, -0.15) is 5.10 Å². The quantitative estimate of drug-likeness (QED) is 0.319. The van der Waals surface area contributed by atoms with Crippen LogP contribution in [0.4, 0.5) is 10.2 Å². The Bertz CT molecular complexity index is 1530. The summed E-state index contributed by atoms with van der Waals surface area (Å²) in [6.45, 7) is 3.76. The number of fused-ring (bicyclic) bond motifs is 3. The van der Waals surface area contributed by atoms with Crippen LogP contribution in [0.1, 0.15) is 6.42 Å². The zero-order valence-electron chi connectivity index (χ0n) is 20.4. The van der Waals surface area contributed by atoms with Crippen molar-refractivity contribution in [3.8, 4) is 22.6 Å². The van der Waals surface area contributed by atoms with Crippen molar-refractivity contribution in [2.75, 3.05) is 32.8 Å². The van der Waals surface area contributed by atoms with E-state index < -0.39 is 17.8 Å². The van der Waals surface area contributed by atoms with E-state index in [4.69, 9.17) is 37.4 Å². The lowest BCUT2D eigenvalue weighted by atomic mass is 10.0. The molecule has 1 saturated heterocycles. The Morgan fingerprint density at radius 2 is 1.89 bits per heavy atom. The van der Waals surface area contributed by atoms with Crippen molar-refractivity contribution in [1.82, 2.24) is 24.9 Å². The van der Waals surface area contributed by atoms with E-state index >= 15 is 0 Å². The second kappa shape index (κ2) is 10.6. The maximum atomic E-state index is 13.3. The van der Waals surface area contributed by atoms with Crippen molar-refractivity contribution < 1.29 is 23.4 Å². The number of rotatable bonds is 7. The first-order valence-electron chi connectivity index (χ1n) is 11.5. The van der Waals surface area contributed by atoms with Crippen LogP contribution in [0.3, 0.4) is 0 Å². The molecule has 0 aliphatic carbocycles. The molecule has 4 aromatic rings. The van der Waals surface area contributed by atoms with E-state index in [-0.39, 0.29) is 12.6 Å². The number of amides is 1. The first-order valence-corrected chi connectivity index (χ1v) is 12.3.